The number of nitrogens with one attached hydrogen (secondary N) is 1. The molecule has 1 fully saturated rings. The molecule has 0 bridgehead atoms. The number of carboxylic acid groups (broad SMARTS) is 1. The van der Waals surface area contributed by atoms with E-state index in [0.717, 1.165) is 17.0 Å². The van der Waals surface area contributed by atoms with Crippen LogP contribution in [0.25, 0.3) is 0 Å². The Morgan fingerprint density at radius 2 is 1.86 bits per heavy atom. The first-order chi connectivity index (χ1) is 10.4. The molecule has 6 nitrogen and oxygen atoms in total. The Hall–Kier alpha value is -1.85. The fraction of sp³-hybridized carbons (Fsp3) is 0.688. The Morgan fingerprint density at radius 3 is 2.36 bits per heavy atom. The largest absolute Gasteiger partial charge is 0.481 e. The van der Waals surface area contributed by atoms with E-state index < -0.39 is 5.97 Å². The summed E-state index contributed by atoms with van der Waals surface area (Å²) in [6.07, 6.45) is 3.18. The molecule has 1 atom stereocenters. The summed E-state index contributed by atoms with van der Waals surface area (Å²) in [5.74, 6) is -0.277. The van der Waals surface area contributed by atoms with E-state index in [9.17, 15) is 9.59 Å². The van der Waals surface area contributed by atoms with Gasteiger partial charge in [-0.2, -0.15) is 0 Å². The lowest BCUT2D eigenvalue weighted by atomic mass is 9.81. The summed E-state index contributed by atoms with van der Waals surface area (Å²) in [5.41, 5.74) is 1.91. The average Bonchev–Trinajstić information content (AvgIpc) is 2.79. The lowest BCUT2D eigenvalue weighted by molar-refractivity contribution is -0.144. The minimum atomic E-state index is -0.745. The predicted molar refractivity (Wildman–Crippen MR) is 80.4 cm³/mol. The Balaban J connectivity index is 1.83. The standard InChI is InChI=1S/C16H24N2O4/c1-9(8-14-10(2)18-22-11(14)3)17-15(19)12-4-6-13(7-5-12)16(20)21/h9,12-13H,4-8H2,1-3H3,(H,17,19)(H,20,21). The van der Waals surface area contributed by atoms with E-state index in [1.54, 1.807) is 0 Å². The topological polar surface area (TPSA) is 92.4 Å². The molecule has 1 amide bonds. The van der Waals surface area contributed by atoms with Gasteiger partial charge in [0.25, 0.3) is 0 Å². The van der Waals surface area contributed by atoms with Gasteiger partial charge in [-0.1, -0.05) is 5.16 Å². The Bertz CT molecular complexity index is 525. The summed E-state index contributed by atoms with van der Waals surface area (Å²) in [6.45, 7) is 5.73. The van der Waals surface area contributed by atoms with Crippen molar-refractivity contribution >= 4 is 11.9 Å². The van der Waals surface area contributed by atoms with Gasteiger partial charge in [-0.3, -0.25) is 9.59 Å². The molecular formula is C16H24N2O4. The highest BCUT2D eigenvalue weighted by atomic mass is 16.5. The molecule has 1 heterocycles. The van der Waals surface area contributed by atoms with Gasteiger partial charge in [-0.15, -0.1) is 0 Å². The number of aromatic nitrogens is 1. The number of carbonyl (C=O) groups is 2. The molecule has 1 aliphatic rings. The van der Waals surface area contributed by atoms with Gasteiger partial charge >= 0.3 is 5.97 Å². The molecule has 0 spiro atoms. The summed E-state index contributed by atoms with van der Waals surface area (Å²) in [7, 11) is 0. The van der Waals surface area contributed by atoms with Crippen molar-refractivity contribution < 1.29 is 19.2 Å². The van der Waals surface area contributed by atoms with Gasteiger partial charge in [0.1, 0.15) is 5.76 Å². The van der Waals surface area contributed by atoms with E-state index in [1.165, 1.54) is 0 Å². The van der Waals surface area contributed by atoms with E-state index in [0.29, 0.717) is 32.1 Å². The first-order valence-electron chi connectivity index (χ1n) is 7.83. The first-order valence-corrected chi connectivity index (χ1v) is 7.83. The normalized spacial score (nSPS) is 23.0. The molecule has 0 aliphatic heterocycles. The lowest BCUT2D eigenvalue weighted by Gasteiger charge is -2.26. The zero-order valence-corrected chi connectivity index (χ0v) is 13.4. The molecule has 0 radical (unpaired) electrons. The van der Waals surface area contributed by atoms with Gasteiger partial charge < -0.3 is 14.9 Å². The van der Waals surface area contributed by atoms with Crippen molar-refractivity contribution in [2.24, 2.45) is 11.8 Å². The van der Waals surface area contributed by atoms with Crippen molar-refractivity contribution in [2.75, 3.05) is 0 Å². The highest BCUT2D eigenvalue weighted by molar-refractivity contribution is 5.79. The first kappa shape index (κ1) is 16.5. The van der Waals surface area contributed by atoms with E-state index in [4.69, 9.17) is 9.63 Å². The summed E-state index contributed by atoms with van der Waals surface area (Å²) in [6, 6.07) is 0.00139. The molecule has 2 rings (SSSR count). The number of aliphatic carboxylic acids is 1. The van der Waals surface area contributed by atoms with Crippen molar-refractivity contribution in [3.8, 4) is 0 Å². The van der Waals surface area contributed by atoms with Crippen LogP contribution in [-0.4, -0.2) is 28.2 Å². The van der Waals surface area contributed by atoms with Gasteiger partial charge in [0.15, 0.2) is 0 Å². The van der Waals surface area contributed by atoms with Crippen molar-refractivity contribution in [1.82, 2.24) is 10.5 Å². The van der Waals surface area contributed by atoms with Crippen LogP contribution in [0, 0.1) is 25.7 Å². The van der Waals surface area contributed by atoms with Crippen molar-refractivity contribution in [3.63, 3.8) is 0 Å². The summed E-state index contributed by atoms with van der Waals surface area (Å²) < 4.78 is 5.13. The highest BCUT2D eigenvalue weighted by Gasteiger charge is 2.30. The van der Waals surface area contributed by atoms with Gasteiger partial charge in [0.2, 0.25) is 5.91 Å². The van der Waals surface area contributed by atoms with Gasteiger partial charge in [-0.05, 0) is 52.9 Å². The van der Waals surface area contributed by atoms with Crippen molar-refractivity contribution in [1.29, 1.82) is 0 Å². The number of hydrogen-bond donors (Lipinski definition) is 2. The third-order valence-electron chi connectivity index (χ3n) is 4.53. The van der Waals surface area contributed by atoms with E-state index in [2.05, 4.69) is 10.5 Å². The molecule has 1 aromatic rings. The van der Waals surface area contributed by atoms with Crippen LogP contribution >= 0.6 is 0 Å². The Labute approximate surface area is 130 Å². The van der Waals surface area contributed by atoms with Gasteiger partial charge in [0.05, 0.1) is 11.6 Å². The quantitative estimate of drug-likeness (QED) is 0.870. The predicted octanol–water partition coefficient (Wildman–Crippen LogP) is 2.23. The molecule has 0 saturated heterocycles. The maximum absolute atomic E-state index is 12.3. The minimum Gasteiger partial charge on any atom is -0.481 e. The number of nitrogens with zero attached hydrogens (tertiary/aromatic N) is 1. The Kier molecular flexibility index (Phi) is 5.21. The van der Waals surface area contributed by atoms with Crippen LogP contribution in [-0.2, 0) is 16.0 Å². The van der Waals surface area contributed by atoms with Crippen LogP contribution in [0.4, 0.5) is 0 Å². The van der Waals surface area contributed by atoms with E-state index >= 15 is 0 Å². The second-order valence-electron chi connectivity index (χ2n) is 6.30. The zero-order chi connectivity index (χ0) is 16.3. The second-order valence-corrected chi connectivity index (χ2v) is 6.30. The fourth-order valence-corrected chi connectivity index (χ4v) is 3.11. The lowest BCUT2D eigenvalue weighted by Crippen LogP contribution is -2.40. The van der Waals surface area contributed by atoms with Crippen LogP contribution < -0.4 is 5.32 Å². The van der Waals surface area contributed by atoms with Crippen LogP contribution in [0.15, 0.2) is 4.52 Å². The van der Waals surface area contributed by atoms with Crippen LogP contribution in [0.2, 0.25) is 0 Å². The molecule has 22 heavy (non-hydrogen) atoms. The Morgan fingerprint density at radius 1 is 1.27 bits per heavy atom. The van der Waals surface area contributed by atoms with Crippen molar-refractivity contribution in [2.45, 2.75) is 58.9 Å². The van der Waals surface area contributed by atoms with Crippen LogP contribution in [0.1, 0.15) is 49.6 Å². The minimum absolute atomic E-state index is 0.00139. The molecule has 1 aliphatic carbocycles. The van der Waals surface area contributed by atoms with Crippen LogP contribution in [0.3, 0.4) is 0 Å². The number of aryl methyl sites for hydroxylation is 2. The molecule has 1 unspecified atom stereocenters. The van der Waals surface area contributed by atoms with Crippen molar-refractivity contribution in [3.05, 3.63) is 17.0 Å². The summed E-state index contributed by atoms with van der Waals surface area (Å²) in [4.78, 5) is 23.2. The van der Waals surface area contributed by atoms with Gasteiger partial charge in [0, 0.05) is 17.5 Å². The molecule has 1 saturated carbocycles. The molecule has 2 N–H and O–H groups in total. The average molecular weight is 308 g/mol. The number of hydrogen-bond acceptors (Lipinski definition) is 4. The smallest absolute Gasteiger partial charge is 0.306 e. The SMILES string of the molecule is Cc1noc(C)c1CC(C)NC(=O)C1CCC(C(=O)O)CC1. The molecule has 122 valence electrons. The van der Waals surface area contributed by atoms with E-state index in [-0.39, 0.29) is 23.8 Å². The monoisotopic (exact) mass is 308 g/mol. The summed E-state index contributed by atoms with van der Waals surface area (Å²) >= 11 is 0. The third-order valence-corrected chi connectivity index (χ3v) is 4.53. The number of carbonyl (C=O) groups excluding carboxylic acids is 1. The molecule has 6 heteroatoms. The molecule has 0 aromatic carbocycles. The van der Waals surface area contributed by atoms with Crippen LogP contribution in [0.5, 0.6) is 0 Å². The zero-order valence-electron chi connectivity index (χ0n) is 13.4. The number of rotatable bonds is 5. The summed E-state index contributed by atoms with van der Waals surface area (Å²) in [5, 5.41) is 15.9. The third kappa shape index (κ3) is 3.87. The second kappa shape index (κ2) is 6.94. The maximum atomic E-state index is 12.3. The maximum Gasteiger partial charge on any atom is 0.306 e. The fourth-order valence-electron chi connectivity index (χ4n) is 3.11. The highest BCUT2D eigenvalue weighted by Crippen LogP contribution is 2.29. The van der Waals surface area contributed by atoms with Gasteiger partial charge in [-0.25, -0.2) is 0 Å². The molecular weight excluding hydrogens is 284 g/mol. The number of amides is 1. The number of carboxylic acids is 1. The van der Waals surface area contributed by atoms with E-state index in [1.807, 2.05) is 20.8 Å². The molecule has 1 aromatic heterocycles.